The van der Waals surface area contributed by atoms with E-state index in [1.165, 1.54) is 11.6 Å². The number of aryl methyl sites for hydroxylation is 1. The van der Waals surface area contributed by atoms with Crippen LogP contribution >= 0.6 is 11.6 Å². The molecule has 0 radical (unpaired) electrons. The smallest absolute Gasteiger partial charge is 0.273 e. The minimum Gasteiger partial charge on any atom is -0.342 e. The second-order valence-electron chi connectivity index (χ2n) is 4.79. The van der Waals surface area contributed by atoms with Crippen LogP contribution < -0.4 is 4.90 Å². The van der Waals surface area contributed by atoms with Crippen molar-refractivity contribution < 1.29 is 4.92 Å². The summed E-state index contributed by atoms with van der Waals surface area (Å²) in [5, 5.41) is 11.0. The van der Waals surface area contributed by atoms with Crippen molar-refractivity contribution in [2.75, 3.05) is 11.4 Å². The molecule has 5 heteroatoms. The van der Waals surface area contributed by atoms with E-state index in [9.17, 15) is 10.1 Å². The van der Waals surface area contributed by atoms with Crippen molar-refractivity contribution in [3.8, 4) is 0 Å². The summed E-state index contributed by atoms with van der Waals surface area (Å²) in [6, 6.07) is 13.2. The van der Waals surface area contributed by atoms with Crippen LogP contribution in [-0.2, 0) is 5.88 Å². The molecule has 2 aromatic rings. The SMILES string of the molecule is CCN(c1cccc(C)c1)c1ccc([N+](=O)[O-])c(CCl)c1. The van der Waals surface area contributed by atoms with E-state index in [-0.39, 0.29) is 11.6 Å². The van der Waals surface area contributed by atoms with E-state index in [1.807, 2.05) is 32.0 Å². The van der Waals surface area contributed by atoms with E-state index in [0.29, 0.717) is 5.56 Å². The lowest BCUT2D eigenvalue weighted by Crippen LogP contribution is -2.16. The van der Waals surface area contributed by atoms with E-state index in [1.54, 1.807) is 12.1 Å². The molecule has 0 aliphatic heterocycles. The molecule has 110 valence electrons. The van der Waals surface area contributed by atoms with Crippen molar-refractivity contribution in [3.05, 3.63) is 63.7 Å². The lowest BCUT2D eigenvalue weighted by Gasteiger charge is -2.24. The van der Waals surface area contributed by atoms with Gasteiger partial charge in [-0.3, -0.25) is 10.1 Å². The summed E-state index contributed by atoms with van der Waals surface area (Å²) in [5.41, 5.74) is 3.74. The molecule has 0 unspecified atom stereocenters. The van der Waals surface area contributed by atoms with Gasteiger partial charge in [0.15, 0.2) is 0 Å². The van der Waals surface area contributed by atoms with Crippen molar-refractivity contribution in [2.45, 2.75) is 19.7 Å². The number of benzene rings is 2. The van der Waals surface area contributed by atoms with Gasteiger partial charge in [-0.25, -0.2) is 0 Å². The van der Waals surface area contributed by atoms with E-state index >= 15 is 0 Å². The highest BCUT2D eigenvalue weighted by molar-refractivity contribution is 6.17. The monoisotopic (exact) mass is 304 g/mol. The van der Waals surface area contributed by atoms with Crippen LogP contribution in [0.3, 0.4) is 0 Å². The van der Waals surface area contributed by atoms with Gasteiger partial charge in [-0.2, -0.15) is 0 Å². The van der Waals surface area contributed by atoms with Gasteiger partial charge in [-0.05, 0) is 43.7 Å². The van der Waals surface area contributed by atoms with E-state index in [4.69, 9.17) is 11.6 Å². The normalized spacial score (nSPS) is 10.4. The van der Waals surface area contributed by atoms with Crippen LogP contribution in [0.15, 0.2) is 42.5 Å². The van der Waals surface area contributed by atoms with Gasteiger partial charge in [0.05, 0.1) is 10.8 Å². The minimum atomic E-state index is -0.398. The van der Waals surface area contributed by atoms with Crippen LogP contribution in [0.5, 0.6) is 0 Å². The molecule has 0 fully saturated rings. The van der Waals surface area contributed by atoms with Gasteiger partial charge in [0, 0.05) is 29.5 Å². The summed E-state index contributed by atoms with van der Waals surface area (Å²) < 4.78 is 0. The fourth-order valence-corrected chi connectivity index (χ4v) is 2.55. The van der Waals surface area contributed by atoms with Crippen LogP contribution in [0.4, 0.5) is 17.1 Å². The highest BCUT2D eigenvalue weighted by atomic mass is 35.5. The maximum atomic E-state index is 11.0. The number of nitro groups is 1. The van der Waals surface area contributed by atoms with Crippen LogP contribution in [0.25, 0.3) is 0 Å². The molecule has 2 rings (SSSR count). The van der Waals surface area contributed by atoms with Crippen LogP contribution in [-0.4, -0.2) is 11.5 Å². The van der Waals surface area contributed by atoms with Gasteiger partial charge >= 0.3 is 0 Å². The highest BCUT2D eigenvalue weighted by Crippen LogP contribution is 2.31. The largest absolute Gasteiger partial charge is 0.342 e. The Balaban J connectivity index is 2.46. The number of rotatable bonds is 5. The molecule has 0 saturated heterocycles. The number of nitrogens with zero attached hydrogens (tertiary/aromatic N) is 2. The number of anilines is 2. The zero-order valence-corrected chi connectivity index (χ0v) is 12.8. The molecule has 0 amide bonds. The highest BCUT2D eigenvalue weighted by Gasteiger charge is 2.16. The van der Waals surface area contributed by atoms with Crippen molar-refractivity contribution in [1.82, 2.24) is 0 Å². The number of alkyl halides is 1. The van der Waals surface area contributed by atoms with Crippen molar-refractivity contribution in [1.29, 1.82) is 0 Å². The third-order valence-corrected chi connectivity index (χ3v) is 3.63. The second-order valence-corrected chi connectivity index (χ2v) is 5.05. The second kappa shape index (κ2) is 6.59. The Morgan fingerprint density at radius 1 is 1.19 bits per heavy atom. The quantitative estimate of drug-likeness (QED) is 0.453. The molecule has 0 saturated carbocycles. The van der Waals surface area contributed by atoms with Crippen LogP contribution in [0, 0.1) is 17.0 Å². The Morgan fingerprint density at radius 2 is 1.90 bits per heavy atom. The number of nitro benzene ring substituents is 1. The first kappa shape index (κ1) is 15.3. The third-order valence-electron chi connectivity index (χ3n) is 3.34. The molecule has 0 atom stereocenters. The van der Waals surface area contributed by atoms with Crippen molar-refractivity contribution in [3.63, 3.8) is 0 Å². The number of halogens is 1. The molecule has 0 spiro atoms. The molecule has 0 aromatic heterocycles. The van der Waals surface area contributed by atoms with Gasteiger partial charge in [0.25, 0.3) is 5.69 Å². The lowest BCUT2D eigenvalue weighted by atomic mass is 10.1. The molecule has 0 bridgehead atoms. The molecular weight excluding hydrogens is 288 g/mol. The molecular formula is C16H17ClN2O2. The zero-order chi connectivity index (χ0) is 15.4. The van der Waals surface area contributed by atoms with Crippen LogP contribution in [0.2, 0.25) is 0 Å². The fraction of sp³-hybridized carbons (Fsp3) is 0.250. The average molecular weight is 305 g/mol. The summed E-state index contributed by atoms with van der Waals surface area (Å²) in [7, 11) is 0. The maximum Gasteiger partial charge on any atom is 0.273 e. The standard InChI is InChI=1S/C16H17ClN2O2/c1-3-18(14-6-4-5-12(2)9-14)15-7-8-16(19(20)21)13(10-15)11-17/h4-10H,3,11H2,1-2H3. The van der Waals surface area contributed by atoms with Gasteiger partial charge in [-0.1, -0.05) is 12.1 Å². The summed E-state index contributed by atoms with van der Waals surface area (Å²) >= 11 is 5.84. The van der Waals surface area contributed by atoms with Crippen molar-refractivity contribution in [2.24, 2.45) is 0 Å². The predicted octanol–water partition coefficient (Wildman–Crippen LogP) is 4.80. The Labute approximate surface area is 129 Å². The minimum absolute atomic E-state index is 0.0639. The molecule has 21 heavy (non-hydrogen) atoms. The first-order valence-electron chi connectivity index (χ1n) is 6.74. The molecule has 0 aliphatic rings. The van der Waals surface area contributed by atoms with Gasteiger partial charge in [0.1, 0.15) is 0 Å². The Hall–Kier alpha value is -2.07. The van der Waals surface area contributed by atoms with Gasteiger partial charge in [0.2, 0.25) is 0 Å². The fourth-order valence-electron chi connectivity index (χ4n) is 2.34. The van der Waals surface area contributed by atoms with E-state index in [2.05, 4.69) is 11.0 Å². The summed E-state index contributed by atoms with van der Waals surface area (Å²) in [5.74, 6) is 0.121. The van der Waals surface area contributed by atoms with Crippen LogP contribution in [0.1, 0.15) is 18.1 Å². The topological polar surface area (TPSA) is 46.4 Å². The molecule has 0 aliphatic carbocycles. The zero-order valence-electron chi connectivity index (χ0n) is 12.0. The predicted molar refractivity (Wildman–Crippen MR) is 86.5 cm³/mol. The van der Waals surface area contributed by atoms with E-state index < -0.39 is 4.92 Å². The maximum absolute atomic E-state index is 11.0. The molecule has 0 N–H and O–H groups in total. The summed E-state index contributed by atoms with van der Waals surface area (Å²) in [6.07, 6.45) is 0. The van der Waals surface area contributed by atoms with Gasteiger partial charge in [-0.15, -0.1) is 11.6 Å². The molecule has 2 aromatic carbocycles. The Morgan fingerprint density at radius 3 is 2.48 bits per heavy atom. The molecule has 4 nitrogen and oxygen atoms in total. The van der Waals surface area contributed by atoms with Crippen molar-refractivity contribution >= 4 is 28.7 Å². The van der Waals surface area contributed by atoms with E-state index in [0.717, 1.165) is 17.9 Å². The lowest BCUT2D eigenvalue weighted by molar-refractivity contribution is -0.385. The third kappa shape index (κ3) is 3.34. The summed E-state index contributed by atoms with van der Waals surface area (Å²) in [4.78, 5) is 12.7. The molecule has 0 heterocycles. The Kier molecular flexibility index (Phi) is 4.81. The number of hydrogen-bond donors (Lipinski definition) is 0. The first-order valence-corrected chi connectivity index (χ1v) is 7.27. The first-order chi connectivity index (χ1) is 10.1. The Bertz CT molecular complexity index is 658. The number of hydrogen-bond acceptors (Lipinski definition) is 3. The van der Waals surface area contributed by atoms with Gasteiger partial charge < -0.3 is 4.90 Å². The average Bonchev–Trinajstić information content (AvgIpc) is 2.47. The summed E-state index contributed by atoms with van der Waals surface area (Å²) in [6.45, 7) is 4.85.